The monoisotopic (exact) mass is 279 g/mol. The summed E-state index contributed by atoms with van der Waals surface area (Å²) >= 11 is 5.90. The normalized spacial score (nSPS) is 11.6. The molecule has 3 nitrogen and oxygen atoms in total. The van der Waals surface area contributed by atoms with Crippen LogP contribution in [0.25, 0.3) is 11.2 Å². The van der Waals surface area contributed by atoms with Gasteiger partial charge in [0.1, 0.15) is 11.3 Å². The maximum Gasteiger partial charge on any atom is 0.160 e. The first-order chi connectivity index (χ1) is 9.19. The number of rotatable bonds is 6. The summed E-state index contributed by atoms with van der Waals surface area (Å²) in [5.74, 6) is 2.34. The fourth-order valence-electron chi connectivity index (χ4n) is 2.43. The Labute approximate surface area is 120 Å². The molecule has 0 amide bonds. The molecule has 2 heterocycles. The van der Waals surface area contributed by atoms with Crippen molar-refractivity contribution in [2.75, 3.05) is 5.88 Å². The van der Waals surface area contributed by atoms with Crippen LogP contribution < -0.4 is 0 Å². The first kappa shape index (κ1) is 14.3. The van der Waals surface area contributed by atoms with E-state index in [0.29, 0.717) is 11.8 Å². The molecule has 0 atom stereocenters. The van der Waals surface area contributed by atoms with Gasteiger partial charge in [0.15, 0.2) is 5.65 Å². The van der Waals surface area contributed by atoms with Crippen LogP contribution >= 0.6 is 11.6 Å². The highest BCUT2D eigenvalue weighted by Gasteiger charge is 2.14. The average molecular weight is 280 g/mol. The zero-order valence-corrected chi connectivity index (χ0v) is 12.7. The van der Waals surface area contributed by atoms with Crippen LogP contribution in [0.2, 0.25) is 0 Å². The number of fused-ring (bicyclic) bond motifs is 1. The number of aryl methyl sites for hydroxylation is 2. The van der Waals surface area contributed by atoms with Gasteiger partial charge >= 0.3 is 0 Å². The van der Waals surface area contributed by atoms with Crippen molar-refractivity contribution < 1.29 is 0 Å². The molecule has 4 heteroatoms. The van der Waals surface area contributed by atoms with Gasteiger partial charge in [-0.05, 0) is 24.5 Å². The molecule has 0 fully saturated rings. The summed E-state index contributed by atoms with van der Waals surface area (Å²) in [6.45, 7) is 7.53. The van der Waals surface area contributed by atoms with Crippen molar-refractivity contribution in [2.24, 2.45) is 5.92 Å². The number of hydrogen-bond acceptors (Lipinski definition) is 2. The highest BCUT2D eigenvalue weighted by Crippen LogP contribution is 2.20. The second-order valence-corrected chi connectivity index (χ2v) is 5.49. The van der Waals surface area contributed by atoms with Crippen LogP contribution in [0.5, 0.6) is 0 Å². The number of pyridine rings is 1. The van der Waals surface area contributed by atoms with Crippen LogP contribution in [0, 0.1) is 12.8 Å². The van der Waals surface area contributed by atoms with Gasteiger partial charge in [-0.3, -0.25) is 0 Å². The van der Waals surface area contributed by atoms with E-state index in [0.717, 1.165) is 35.5 Å². The first-order valence-corrected chi connectivity index (χ1v) is 7.60. The van der Waals surface area contributed by atoms with Crippen molar-refractivity contribution in [3.8, 4) is 0 Å². The molecule has 0 aromatic carbocycles. The third-order valence-corrected chi connectivity index (χ3v) is 3.90. The van der Waals surface area contributed by atoms with E-state index in [1.165, 1.54) is 12.8 Å². The lowest BCUT2D eigenvalue weighted by atomic mass is 10.0. The first-order valence-electron chi connectivity index (χ1n) is 7.07. The van der Waals surface area contributed by atoms with Crippen molar-refractivity contribution in [1.29, 1.82) is 0 Å². The van der Waals surface area contributed by atoms with Gasteiger partial charge in [0.2, 0.25) is 0 Å². The smallest absolute Gasteiger partial charge is 0.160 e. The molecular weight excluding hydrogens is 258 g/mol. The van der Waals surface area contributed by atoms with Crippen LogP contribution in [0.15, 0.2) is 12.3 Å². The quantitative estimate of drug-likeness (QED) is 0.750. The molecule has 0 spiro atoms. The number of aromatic nitrogens is 3. The van der Waals surface area contributed by atoms with Crippen molar-refractivity contribution in [2.45, 2.75) is 46.6 Å². The van der Waals surface area contributed by atoms with E-state index in [1.807, 2.05) is 13.1 Å². The van der Waals surface area contributed by atoms with Crippen LogP contribution in [0.4, 0.5) is 0 Å². The van der Waals surface area contributed by atoms with Gasteiger partial charge in [-0.15, -0.1) is 11.6 Å². The van der Waals surface area contributed by atoms with Gasteiger partial charge in [0.25, 0.3) is 0 Å². The van der Waals surface area contributed by atoms with Gasteiger partial charge in [-0.2, -0.15) is 0 Å². The molecule has 0 saturated heterocycles. The standard InChI is InChI=1S/C15H22ClN3/c1-4-12(5-2)10-19-14(6-7-16)18-13-8-11(3)9-17-15(13)19/h8-9,12H,4-7,10H2,1-3H3. The Balaban J connectivity index is 2.45. The van der Waals surface area contributed by atoms with E-state index in [2.05, 4.69) is 29.5 Å². The summed E-state index contributed by atoms with van der Waals surface area (Å²) in [5.41, 5.74) is 3.14. The van der Waals surface area contributed by atoms with Gasteiger partial charge in [0.05, 0.1) is 0 Å². The molecule has 19 heavy (non-hydrogen) atoms. The predicted octanol–water partition coefficient (Wildman–Crippen LogP) is 3.96. The molecule has 0 aliphatic carbocycles. The SMILES string of the molecule is CCC(CC)Cn1c(CCCl)nc2cc(C)cnc21. The lowest BCUT2D eigenvalue weighted by Crippen LogP contribution is -2.13. The second kappa shape index (κ2) is 6.38. The van der Waals surface area contributed by atoms with Crippen LogP contribution in [-0.4, -0.2) is 20.4 Å². The Morgan fingerprint density at radius 1 is 1.32 bits per heavy atom. The van der Waals surface area contributed by atoms with Crippen molar-refractivity contribution in [3.63, 3.8) is 0 Å². The minimum atomic E-state index is 0.602. The summed E-state index contributed by atoms with van der Waals surface area (Å²) in [5, 5.41) is 0. The Kier molecular flexibility index (Phi) is 4.81. The summed E-state index contributed by atoms with van der Waals surface area (Å²) in [7, 11) is 0. The highest BCUT2D eigenvalue weighted by molar-refractivity contribution is 6.17. The summed E-state index contributed by atoms with van der Waals surface area (Å²) in [6.07, 6.45) is 5.08. The van der Waals surface area contributed by atoms with Gasteiger partial charge in [0, 0.05) is 25.0 Å². The van der Waals surface area contributed by atoms with E-state index < -0.39 is 0 Å². The molecule has 0 saturated carbocycles. The number of alkyl halides is 1. The van der Waals surface area contributed by atoms with E-state index in [9.17, 15) is 0 Å². The highest BCUT2D eigenvalue weighted by atomic mass is 35.5. The molecular formula is C15H22ClN3. The minimum Gasteiger partial charge on any atom is -0.312 e. The largest absolute Gasteiger partial charge is 0.312 e. The van der Waals surface area contributed by atoms with Gasteiger partial charge < -0.3 is 4.57 Å². The molecule has 2 aromatic rings. The fourth-order valence-corrected chi connectivity index (χ4v) is 2.60. The van der Waals surface area contributed by atoms with E-state index in [-0.39, 0.29) is 0 Å². The van der Waals surface area contributed by atoms with Gasteiger partial charge in [-0.25, -0.2) is 9.97 Å². The lowest BCUT2D eigenvalue weighted by molar-refractivity contribution is 0.416. The number of imidazole rings is 1. The van der Waals surface area contributed by atoms with Crippen molar-refractivity contribution >= 4 is 22.8 Å². The maximum absolute atomic E-state index is 5.90. The Morgan fingerprint density at radius 2 is 2.05 bits per heavy atom. The third kappa shape index (κ3) is 3.08. The predicted molar refractivity (Wildman–Crippen MR) is 80.8 cm³/mol. The van der Waals surface area contributed by atoms with Crippen LogP contribution in [0.3, 0.4) is 0 Å². The van der Waals surface area contributed by atoms with E-state index in [1.54, 1.807) is 0 Å². The van der Waals surface area contributed by atoms with Crippen LogP contribution in [0.1, 0.15) is 38.1 Å². The fraction of sp³-hybridized carbons (Fsp3) is 0.600. The molecule has 104 valence electrons. The second-order valence-electron chi connectivity index (χ2n) is 5.12. The molecule has 0 bridgehead atoms. The summed E-state index contributed by atoms with van der Waals surface area (Å²) in [4.78, 5) is 9.26. The lowest BCUT2D eigenvalue weighted by Gasteiger charge is -2.15. The van der Waals surface area contributed by atoms with E-state index in [4.69, 9.17) is 16.6 Å². The Bertz CT molecular complexity index is 544. The maximum atomic E-state index is 5.90. The van der Waals surface area contributed by atoms with Crippen molar-refractivity contribution in [1.82, 2.24) is 14.5 Å². The molecule has 0 aliphatic rings. The van der Waals surface area contributed by atoms with E-state index >= 15 is 0 Å². The Morgan fingerprint density at radius 3 is 2.68 bits per heavy atom. The molecule has 2 aromatic heterocycles. The molecule has 2 rings (SSSR count). The average Bonchev–Trinajstić information content (AvgIpc) is 2.73. The topological polar surface area (TPSA) is 30.7 Å². The Hall–Kier alpha value is -1.09. The van der Waals surface area contributed by atoms with Crippen LogP contribution in [-0.2, 0) is 13.0 Å². The molecule has 0 aliphatic heterocycles. The summed E-state index contributed by atoms with van der Waals surface area (Å²) in [6, 6.07) is 2.10. The third-order valence-electron chi connectivity index (χ3n) is 3.71. The summed E-state index contributed by atoms with van der Waals surface area (Å²) < 4.78 is 2.26. The minimum absolute atomic E-state index is 0.602. The number of hydrogen-bond donors (Lipinski definition) is 0. The number of halogens is 1. The number of nitrogens with zero attached hydrogens (tertiary/aromatic N) is 3. The molecule has 0 radical (unpaired) electrons. The molecule has 0 N–H and O–H groups in total. The van der Waals surface area contributed by atoms with Gasteiger partial charge in [-0.1, -0.05) is 26.7 Å². The zero-order chi connectivity index (χ0) is 13.8. The van der Waals surface area contributed by atoms with Crippen molar-refractivity contribution in [3.05, 3.63) is 23.7 Å². The zero-order valence-electron chi connectivity index (χ0n) is 12.0. The molecule has 0 unspecified atom stereocenters.